The minimum absolute atomic E-state index is 0.343. The number of aromatic nitrogens is 1. The smallest absolute Gasteiger partial charge is 0.339 e. The number of ether oxygens (including phenoxy) is 1. The van der Waals surface area contributed by atoms with Crippen LogP contribution in [0.2, 0.25) is 0 Å². The number of rotatable bonds is 5. The quantitative estimate of drug-likeness (QED) is 0.500. The Morgan fingerprint density at radius 1 is 0.833 bits per heavy atom. The fraction of sp³-hybridized carbons (Fsp3) is 0.0800. The lowest BCUT2D eigenvalue weighted by Gasteiger charge is -2.13. The van der Waals surface area contributed by atoms with Crippen molar-refractivity contribution in [2.75, 3.05) is 0 Å². The van der Waals surface area contributed by atoms with E-state index >= 15 is 0 Å². The van der Waals surface area contributed by atoms with Crippen LogP contribution in [0.3, 0.4) is 0 Å². The Morgan fingerprint density at radius 3 is 2.13 bits per heavy atom. The number of primary amides is 1. The zero-order valence-corrected chi connectivity index (χ0v) is 16.4. The zero-order chi connectivity index (χ0) is 21.1. The molecule has 5 nitrogen and oxygen atoms in total. The normalized spacial score (nSPS) is 11.8. The summed E-state index contributed by atoms with van der Waals surface area (Å²) < 4.78 is 5.23. The highest BCUT2D eigenvalue weighted by Crippen LogP contribution is 2.28. The summed E-state index contributed by atoms with van der Waals surface area (Å²) in [6.45, 7) is 1.45. The number of pyridine rings is 1. The molecule has 0 saturated heterocycles. The Labute approximate surface area is 174 Å². The molecule has 0 aliphatic carbocycles. The number of nitrogens with two attached hydrogens (primary N) is 1. The molecule has 0 fully saturated rings. The molecular weight excluding hydrogens is 376 g/mol. The first kappa shape index (κ1) is 19.3. The molecule has 0 spiro atoms. The molecule has 148 valence electrons. The average molecular weight is 396 g/mol. The summed E-state index contributed by atoms with van der Waals surface area (Å²) in [5, 5.41) is 0.656. The van der Waals surface area contributed by atoms with Gasteiger partial charge >= 0.3 is 5.97 Å². The van der Waals surface area contributed by atoms with Crippen LogP contribution in [-0.4, -0.2) is 23.0 Å². The molecule has 4 aromatic rings. The highest BCUT2D eigenvalue weighted by Gasteiger charge is 2.20. The molecule has 0 aliphatic rings. The first-order valence-corrected chi connectivity index (χ1v) is 9.59. The van der Waals surface area contributed by atoms with Crippen LogP contribution in [0.25, 0.3) is 33.3 Å². The van der Waals surface area contributed by atoms with E-state index in [1.165, 1.54) is 6.92 Å². The fourth-order valence-electron chi connectivity index (χ4n) is 3.24. The van der Waals surface area contributed by atoms with Gasteiger partial charge < -0.3 is 10.5 Å². The van der Waals surface area contributed by atoms with E-state index in [0.717, 1.165) is 16.7 Å². The third-order valence-electron chi connectivity index (χ3n) is 4.91. The van der Waals surface area contributed by atoms with Gasteiger partial charge in [0.2, 0.25) is 0 Å². The number of hydrogen-bond acceptors (Lipinski definition) is 4. The van der Waals surface area contributed by atoms with Crippen molar-refractivity contribution in [1.82, 2.24) is 4.98 Å². The predicted molar refractivity (Wildman–Crippen MR) is 117 cm³/mol. The molecule has 4 rings (SSSR count). The largest absolute Gasteiger partial charge is 0.449 e. The summed E-state index contributed by atoms with van der Waals surface area (Å²) in [6.07, 6.45) is -1.02. The molecule has 0 saturated carbocycles. The number of amides is 1. The van der Waals surface area contributed by atoms with E-state index in [9.17, 15) is 9.59 Å². The van der Waals surface area contributed by atoms with Gasteiger partial charge in [-0.3, -0.25) is 4.79 Å². The van der Waals surface area contributed by atoms with Gasteiger partial charge in [-0.15, -0.1) is 0 Å². The number of fused-ring (bicyclic) bond motifs is 1. The lowest BCUT2D eigenvalue weighted by atomic mass is 10.0. The van der Waals surface area contributed by atoms with E-state index in [1.807, 2.05) is 60.7 Å². The van der Waals surface area contributed by atoms with Gasteiger partial charge in [0.1, 0.15) is 0 Å². The van der Waals surface area contributed by atoms with Crippen molar-refractivity contribution in [2.45, 2.75) is 13.0 Å². The van der Waals surface area contributed by atoms with E-state index < -0.39 is 18.0 Å². The lowest BCUT2D eigenvalue weighted by molar-refractivity contribution is -0.125. The Bertz CT molecular complexity index is 1220. The number of carbonyl (C=O) groups is 2. The number of esters is 1. The maximum absolute atomic E-state index is 12.7. The second-order valence-corrected chi connectivity index (χ2v) is 6.97. The maximum atomic E-state index is 12.7. The van der Waals surface area contributed by atoms with Gasteiger partial charge in [-0.1, -0.05) is 72.8 Å². The van der Waals surface area contributed by atoms with Crippen molar-refractivity contribution >= 4 is 22.8 Å². The van der Waals surface area contributed by atoms with Crippen LogP contribution in [0.1, 0.15) is 17.3 Å². The van der Waals surface area contributed by atoms with Crippen LogP contribution in [0.5, 0.6) is 0 Å². The Balaban J connectivity index is 1.75. The molecule has 0 radical (unpaired) electrons. The van der Waals surface area contributed by atoms with E-state index in [0.29, 0.717) is 22.2 Å². The van der Waals surface area contributed by atoms with Crippen LogP contribution in [-0.2, 0) is 9.53 Å². The van der Waals surface area contributed by atoms with Gasteiger partial charge in [0.15, 0.2) is 6.10 Å². The van der Waals surface area contributed by atoms with Crippen molar-refractivity contribution < 1.29 is 14.3 Å². The van der Waals surface area contributed by atoms with E-state index in [4.69, 9.17) is 15.5 Å². The SMILES string of the molecule is C[C@@H](OC(=O)c1cc(-c2ccc(-c3ccccc3)cc2)nc2ccccc12)C(N)=O. The van der Waals surface area contributed by atoms with Crippen LogP contribution in [0.4, 0.5) is 0 Å². The number of nitrogens with zero attached hydrogens (tertiary/aromatic N) is 1. The van der Waals surface area contributed by atoms with Crippen molar-refractivity contribution in [1.29, 1.82) is 0 Å². The molecule has 5 heteroatoms. The Kier molecular flexibility index (Phi) is 5.26. The van der Waals surface area contributed by atoms with Crippen LogP contribution in [0.15, 0.2) is 84.9 Å². The molecule has 0 aliphatic heterocycles. The first-order chi connectivity index (χ1) is 14.5. The van der Waals surface area contributed by atoms with Crippen LogP contribution < -0.4 is 5.73 Å². The molecular formula is C25H20N2O3. The van der Waals surface area contributed by atoms with Crippen molar-refractivity contribution in [2.24, 2.45) is 5.73 Å². The van der Waals surface area contributed by atoms with Gasteiger partial charge in [0, 0.05) is 10.9 Å². The summed E-state index contributed by atoms with van der Waals surface area (Å²) in [7, 11) is 0. The van der Waals surface area contributed by atoms with Crippen LogP contribution >= 0.6 is 0 Å². The minimum atomic E-state index is -1.02. The summed E-state index contributed by atoms with van der Waals surface area (Å²) in [5.41, 5.74) is 9.98. The molecule has 2 N–H and O–H groups in total. The van der Waals surface area contributed by atoms with E-state index in [1.54, 1.807) is 12.1 Å². The zero-order valence-electron chi connectivity index (χ0n) is 16.4. The lowest BCUT2D eigenvalue weighted by Crippen LogP contribution is -2.30. The standard InChI is InChI=1S/C25H20N2O3/c1-16(24(26)28)30-25(29)21-15-23(27-22-10-6-5-9-20(21)22)19-13-11-18(12-14-19)17-7-3-2-4-8-17/h2-16H,1H3,(H2,26,28)/t16-/m1/s1. The molecule has 1 amide bonds. The van der Waals surface area contributed by atoms with E-state index in [-0.39, 0.29) is 0 Å². The van der Waals surface area contributed by atoms with E-state index in [2.05, 4.69) is 12.1 Å². The highest BCUT2D eigenvalue weighted by atomic mass is 16.5. The first-order valence-electron chi connectivity index (χ1n) is 9.59. The molecule has 1 heterocycles. The third-order valence-corrected chi connectivity index (χ3v) is 4.91. The predicted octanol–water partition coefficient (Wildman–Crippen LogP) is 4.60. The van der Waals surface area contributed by atoms with Gasteiger partial charge in [-0.05, 0) is 30.2 Å². The molecule has 1 atom stereocenters. The van der Waals surface area contributed by atoms with Gasteiger partial charge in [-0.2, -0.15) is 0 Å². The number of para-hydroxylation sites is 1. The summed E-state index contributed by atoms with van der Waals surface area (Å²) >= 11 is 0. The maximum Gasteiger partial charge on any atom is 0.339 e. The molecule has 30 heavy (non-hydrogen) atoms. The Hall–Kier alpha value is -3.99. The fourth-order valence-corrected chi connectivity index (χ4v) is 3.24. The summed E-state index contributed by atoms with van der Waals surface area (Å²) in [4.78, 5) is 28.7. The summed E-state index contributed by atoms with van der Waals surface area (Å²) in [6, 6.07) is 27.1. The number of hydrogen-bond donors (Lipinski definition) is 1. The second-order valence-electron chi connectivity index (χ2n) is 6.97. The number of benzene rings is 3. The molecule has 0 bridgehead atoms. The van der Waals surface area contributed by atoms with Gasteiger partial charge in [0.25, 0.3) is 5.91 Å². The van der Waals surface area contributed by atoms with Crippen LogP contribution in [0, 0.1) is 0 Å². The van der Waals surface area contributed by atoms with Crippen molar-refractivity contribution in [3.63, 3.8) is 0 Å². The molecule has 1 aromatic heterocycles. The average Bonchev–Trinajstić information content (AvgIpc) is 2.79. The highest BCUT2D eigenvalue weighted by molar-refractivity contribution is 6.05. The third kappa shape index (κ3) is 3.91. The van der Waals surface area contributed by atoms with Crippen molar-refractivity contribution in [3.05, 3.63) is 90.5 Å². The molecule has 3 aromatic carbocycles. The van der Waals surface area contributed by atoms with Gasteiger partial charge in [-0.25, -0.2) is 9.78 Å². The van der Waals surface area contributed by atoms with Gasteiger partial charge in [0.05, 0.1) is 16.8 Å². The topological polar surface area (TPSA) is 82.3 Å². The Morgan fingerprint density at radius 2 is 1.43 bits per heavy atom. The van der Waals surface area contributed by atoms with Crippen molar-refractivity contribution in [3.8, 4) is 22.4 Å². The summed E-state index contributed by atoms with van der Waals surface area (Å²) in [5.74, 6) is -1.31. The minimum Gasteiger partial charge on any atom is -0.449 e. The number of carbonyl (C=O) groups excluding carboxylic acids is 2. The molecule has 0 unspecified atom stereocenters. The second kappa shape index (κ2) is 8.17. The monoisotopic (exact) mass is 396 g/mol.